The van der Waals surface area contributed by atoms with Crippen LogP contribution in [0.2, 0.25) is 5.02 Å². The Kier molecular flexibility index (Phi) is 7.98. The van der Waals surface area contributed by atoms with Gasteiger partial charge in [-0.05, 0) is 93.5 Å². The molecule has 49 heavy (non-hydrogen) atoms. The highest BCUT2D eigenvalue weighted by Gasteiger charge is 2.41. The van der Waals surface area contributed by atoms with Gasteiger partial charge >= 0.3 is 0 Å². The number of pyridine rings is 2. The number of carbonyl (C=O) groups excluding carboxylic acids is 2. The minimum absolute atomic E-state index is 0.206. The van der Waals surface area contributed by atoms with Crippen LogP contribution in [-0.4, -0.2) is 51.8 Å². The molecule has 11 nitrogen and oxygen atoms in total. The summed E-state index contributed by atoms with van der Waals surface area (Å²) in [5.41, 5.74) is 9.55. The fourth-order valence-corrected chi connectivity index (χ4v) is 7.18. The largest absolute Gasteiger partial charge is 0.476 e. The number of rotatable bonds is 9. The number of benzene rings is 2. The molecule has 0 saturated heterocycles. The van der Waals surface area contributed by atoms with Gasteiger partial charge in [0.05, 0.1) is 51.3 Å². The van der Waals surface area contributed by atoms with Crippen molar-refractivity contribution in [3.8, 4) is 16.9 Å². The third kappa shape index (κ3) is 6.15. The number of ether oxygens (including phenoxy) is 1. The van der Waals surface area contributed by atoms with E-state index in [4.69, 9.17) is 32.2 Å². The Morgan fingerprint density at radius 2 is 1.90 bits per heavy atom. The lowest BCUT2D eigenvalue weighted by Crippen LogP contribution is -2.52. The molecule has 0 spiro atoms. The third-order valence-corrected chi connectivity index (χ3v) is 10.5. The predicted octanol–water partition coefficient (Wildman–Crippen LogP) is 5.92. The summed E-state index contributed by atoms with van der Waals surface area (Å²) in [6.07, 6.45) is 7.03. The smallest absolute Gasteiger partial charge is 0.271 e. The van der Waals surface area contributed by atoms with E-state index in [0.717, 1.165) is 18.4 Å². The number of sulfone groups is 1. The highest BCUT2D eigenvalue weighted by Crippen LogP contribution is 2.44. The van der Waals surface area contributed by atoms with E-state index in [2.05, 4.69) is 4.98 Å². The molecule has 2 aromatic carbocycles. The van der Waals surface area contributed by atoms with E-state index in [9.17, 15) is 18.0 Å². The van der Waals surface area contributed by atoms with E-state index in [1.54, 1.807) is 72.2 Å². The molecule has 0 bridgehead atoms. The van der Waals surface area contributed by atoms with Gasteiger partial charge in [-0.15, -0.1) is 0 Å². The van der Waals surface area contributed by atoms with Crippen molar-refractivity contribution in [2.24, 2.45) is 11.7 Å². The Bertz CT molecular complexity index is 2260. The number of hydrogen-bond donors (Lipinski definition) is 1. The fourth-order valence-electron chi connectivity index (χ4n) is 6.39. The zero-order valence-electron chi connectivity index (χ0n) is 27.5. The average Bonchev–Trinajstić information content (AvgIpc) is 3.77. The third-order valence-electron chi connectivity index (χ3n) is 9.15. The normalized spacial score (nSPS) is 16.3. The molecule has 1 fully saturated rings. The van der Waals surface area contributed by atoms with Crippen LogP contribution in [0.25, 0.3) is 22.2 Å². The van der Waals surface area contributed by atoms with Crippen LogP contribution in [0.5, 0.6) is 5.75 Å². The zero-order valence-corrected chi connectivity index (χ0v) is 29.0. The lowest BCUT2D eigenvalue weighted by atomic mass is 9.92. The molecule has 2 aliphatic rings. The Labute approximate surface area is 289 Å². The molecule has 0 radical (unpaired) electrons. The second-order valence-corrected chi connectivity index (χ2v) is 15.8. The molecule has 13 heteroatoms. The summed E-state index contributed by atoms with van der Waals surface area (Å²) in [6, 6.07) is 15.4. The monoisotopic (exact) mass is 698 g/mol. The second kappa shape index (κ2) is 12.0. The summed E-state index contributed by atoms with van der Waals surface area (Å²) >= 11 is 6.05. The van der Waals surface area contributed by atoms with Gasteiger partial charge < -0.3 is 10.5 Å². The average molecular weight is 699 g/mol. The minimum atomic E-state index is -3.43. The number of carbonyl (C=O) groups is 2. The summed E-state index contributed by atoms with van der Waals surface area (Å²) in [5.74, 6) is 0.0187. The maximum atomic E-state index is 13.6. The predicted molar refractivity (Wildman–Crippen MR) is 186 cm³/mol. The molecule has 1 atom stereocenters. The molecule has 2 amide bonds. The van der Waals surface area contributed by atoms with Crippen LogP contribution in [0.4, 0.5) is 5.69 Å². The molecule has 2 N–H and O–H groups in total. The number of primary amides is 1. The Morgan fingerprint density at radius 1 is 1.12 bits per heavy atom. The summed E-state index contributed by atoms with van der Waals surface area (Å²) in [4.78, 5) is 38.1. The number of nitrogens with two attached hydrogens (primary N) is 1. The van der Waals surface area contributed by atoms with Crippen molar-refractivity contribution in [1.29, 1.82) is 0 Å². The maximum absolute atomic E-state index is 13.6. The van der Waals surface area contributed by atoms with Crippen molar-refractivity contribution >= 4 is 50.0 Å². The van der Waals surface area contributed by atoms with Crippen LogP contribution in [0.3, 0.4) is 0 Å². The molecular weight excluding hydrogens is 664 g/mol. The molecule has 5 aromatic rings. The van der Waals surface area contributed by atoms with Crippen LogP contribution in [0.1, 0.15) is 67.0 Å². The van der Waals surface area contributed by atoms with Crippen molar-refractivity contribution in [3.63, 3.8) is 0 Å². The summed E-state index contributed by atoms with van der Waals surface area (Å²) in [6.45, 7) is 5.56. The molecular formula is C36H35ClN6O5S. The highest BCUT2D eigenvalue weighted by molar-refractivity contribution is 7.90. The van der Waals surface area contributed by atoms with Gasteiger partial charge in [-0.3, -0.25) is 19.5 Å². The van der Waals surface area contributed by atoms with Gasteiger partial charge in [0.1, 0.15) is 5.75 Å². The van der Waals surface area contributed by atoms with Gasteiger partial charge in [0.25, 0.3) is 11.8 Å². The summed E-state index contributed by atoms with van der Waals surface area (Å²) in [5, 5.41) is 5.83. The molecule has 3 aromatic heterocycles. The molecule has 4 heterocycles. The van der Waals surface area contributed by atoms with Crippen molar-refractivity contribution < 1.29 is 22.7 Å². The lowest BCUT2D eigenvalue weighted by molar-refractivity contribution is -0.132. The van der Waals surface area contributed by atoms with E-state index in [0.29, 0.717) is 67.9 Å². The molecule has 1 aliphatic carbocycles. The molecule has 1 aliphatic heterocycles. The van der Waals surface area contributed by atoms with Crippen molar-refractivity contribution in [3.05, 3.63) is 94.5 Å². The first kappa shape index (κ1) is 32.7. The van der Waals surface area contributed by atoms with Gasteiger partial charge in [0.15, 0.2) is 21.1 Å². The Balaban J connectivity index is 1.39. The first-order valence-electron chi connectivity index (χ1n) is 16.0. The van der Waals surface area contributed by atoms with Crippen LogP contribution < -0.4 is 15.4 Å². The number of halogens is 1. The number of amides is 2. The Hall–Kier alpha value is -4.81. The number of hydrogen-bond acceptors (Lipinski definition) is 8. The van der Waals surface area contributed by atoms with Gasteiger partial charge in [-0.2, -0.15) is 5.10 Å². The van der Waals surface area contributed by atoms with E-state index in [1.165, 1.54) is 6.26 Å². The number of nitrogens with zero attached hydrogens (tertiary/aromatic N) is 5. The van der Waals surface area contributed by atoms with E-state index < -0.39 is 21.3 Å². The van der Waals surface area contributed by atoms with Gasteiger partial charge in [-0.1, -0.05) is 29.8 Å². The SMILES string of the molecule is C[C@@H](c1cccc(S(C)(=O)=O)c1)n1ncc2c(-c3ccc4c(c3)OC(C)(C)C(=O)N4Cc3ccc(Cl)cn3)c(C(N)=O)c(CC3CC3)nc21. The lowest BCUT2D eigenvalue weighted by Gasteiger charge is -2.39. The number of aromatic nitrogens is 4. The number of fused-ring (bicyclic) bond motifs is 2. The standard InChI is InChI=1S/C36H35ClN6O5S/c1-20(22-6-5-7-26(15-22)49(4,46)47)43-34-27(18-40-43)31(32(33(38)44)28(41-34)14-21-8-9-21)23-10-13-29-30(16-23)48-36(2,3)35(45)42(29)19-25-12-11-24(37)17-39-25/h5-7,10-13,15-18,20-21H,8-9,14,19H2,1-4H3,(H2,38,44)/t20-/m0/s1. The molecule has 252 valence electrons. The van der Waals surface area contributed by atoms with E-state index in [-0.39, 0.29) is 23.4 Å². The van der Waals surface area contributed by atoms with Crippen molar-refractivity contribution in [2.75, 3.05) is 11.2 Å². The van der Waals surface area contributed by atoms with Crippen LogP contribution in [0.15, 0.2) is 71.9 Å². The van der Waals surface area contributed by atoms with E-state index >= 15 is 0 Å². The maximum Gasteiger partial charge on any atom is 0.271 e. The van der Waals surface area contributed by atoms with Crippen LogP contribution >= 0.6 is 11.6 Å². The van der Waals surface area contributed by atoms with E-state index in [1.807, 2.05) is 25.1 Å². The molecule has 0 unspecified atom stereocenters. The quantitative estimate of drug-likeness (QED) is 0.199. The van der Waals surface area contributed by atoms with Crippen LogP contribution in [0, 0.1) is 5.92 Å². The first-order chi connectivity index (χ1) is 23.2. The van der Waals surface area contributed by atoms with Gasteiger partial charge in [0, 0.05) is 23.4 Å². The first-order valence-corrected chi connectivity index (χ1v) is 18.2. The van der Waals surface area contributed by atoms with Gasteiger partial charge in [0.2, 0.25) is 0 Å². The second-order valence-electron chi connectivity index (χ2n) is 13.3. The van der Waals surface area contributed by atoms with Gasteiger partial charge in [-0.25, -0.2) is 18.1 Å². The molecule has 1 saturated carbocycles. The summed E-state index contributed by atoms with van der Waals surface area (Å²) < 4.78 is 32.7. The zero-order chi connectivity index (χ0) is 34.8. The topological polar surface area (TPSA) is 150 Å². The minimum Gasteiger partial charge on any atom is -0.476 e. The Morgan fingerprint density at radius 3 is 2.57 bits per heavy atom. The number of anilines is 1. The fraction of sp³-hybridized carbons (Fsp3) is 0.306. The highest BCUT2D eigenvalue weighted by atomic mass is 35.5. The molecule has 7 rings (SSSR count). The summed E-state index contributed by atoms with van der Waals surface area (Å²) in [7, 11) is -3.43. The van der Waals surface area contributed by atoms with Crippen LogP contribution in [-0.2, 0) is 27.6 Å². The van der Waals surface area contributed by atoms with Crippen molar-refractivity contribution in [2.45, 2.75) is 63.1 Å². The van der Waals surface area contributed by atoms with Crippen molar-refractivity contribution in [1.82, 2.24) is 19.7 Å².